The molecule has 1 rings (SSSR count). The summed E-state index contributed by atoms with van der Waals surface area (Å²) in [6.45, 7) is 3.10. The highest BCUT2D eigenvalue weighted by Crippen LogP contribution is 1.99. The molecule has 1 aliphatic rings. The van der Waals surface area contributed by atoms with Gasteiger partial charge < -0.3 is 4.84 Å². The van der Waals surface area contributed by atoms with E-state index in [2.05, 4.69) is 15.5 Å². The smallest absolute Gasteiger partial charge is 0.307 e. The Morgan fingerprint density at radius 2 is 2.36 bits per heavy atom. The lowest BCUT2D eigenvalue weighted by atomic mass is 10.7. The van der Waals surface area contributed by atoms with Crippen LogP contribution in [0.4, 0.5) is 0 Å². The normalized spacial score (nSPS) is 16.8. The van der Waals surface area contributed by atoms with Crippen LogP contribution in [0.3, 0.4) is 0 Å². The summed E-state index contributed by atoms with van der Waals surface area (Å²) in [7, 11) is 1.77. The van der Waals surface area contributed by atoms with E-state index in [1.165, 1.54) is 6.92 Å². The number of hydrazone groups is 1. The minimum absolute atomic E-state index is 0.413. The second kappa shape index (κ2) is 2.75. The Bertz CT molecular complexity index is 203. The van der Waals surface area contributed by atoms with Crippen molar-refractivity contribution in [3.63, 3.8) is 0 Å². The van der Waals surface area contributed by atoms with Crippen molar-refractivity contribution in [2.75, 3.05) is 7.05 Å². The van der Waals surface area contributed by atoms with Crippen LogP contribution in [-0.4, -0.2) is 29.1 Å². The Hall–Kier alpha value is -1.30. The van der Waals surface area contributed by atoms with Crippen molar-refractivity contribution < 1.29 is 9.63 Å². The SMILES string of the molecule is CC(=O)ON1N=C(C)N(C)N1. The first-order valence-corrected chi connectivity index (χ1v) is 3.13. The molecule has 0 saturated heterocycles. The predicted molar refractivity (Wildman–Crippen MR) is 37.6 cm³/mol. The van der Waals surface area contributed by atoms with Crippen molar-refractivity contribution in [3.05, 3.63) is 0 Å². The van der Waals surface area contributed by atoms with Crippen LogP contribution in [0.15, 0.2) is 5.10 Å². The van der Waals surface area contributed by atoms with Crippen LogP contribution in [0.5, 0.6) is 0 Å². The molecule has 0 fully saturated rings. The van der Waals surface area contributed by atoms with Gasteiger partial charge in [0, 0.05) is 14.0 Å². The molecule has 0 bridgehead atoms. The van der Waals surface area contributed by atoms with E-state index in [9.17, 15) is 4.79 Å². The van der Waals surface area contributed by atoms with E-state index < -0.39 is 5.97 Å². The molecule has 1 aliphatic heterocycles. The number of hydrogen-bond donors (Lipinski definition) is 1. The fourth-order valence-corrected chi connectivity index (χ4v) is 0.584. The Balaban J connectivity index is 2.47. The van der Waals surface area contributed by atoms with Crippen LogP contribution in [0.25, 0.3) is 0 Å². The molecule has 0 radical (unpaired) electrons. The molecule has 0 atom stereocenters. The monoisotopic (exact) mass is 158 g/mol. The third-order valence-corrected chi connectivity index (χ3v) is 1.17. The lowest BCUT2D eigenvalue weighted by Gasteiger charge is -2.14. The lowest BCUT2D eigenvalue weighted by Crippen LogP contribution is -2.40. The minimum atomic E-state index is -0.413. The standard InChI is InChI=1S/C5H10N4O2/c1-4-6-9(7-8(4)3)11-5(2)10/h7H,1-3H3. The molecule has 0 aromatic carbocycles. The van der Waals surface area contributed by atoms with E-state index in [1.54, 1.807) is 19.0 Å². The summed E-state index contributed by atoms with van der Waals surface area (Å²) in [5.74, 6) is 0.315. The second-order valence-electron chi connectivity index (χ2n) is 2.16. The molecule has 1 N–H and O–H groups in total. The number of hydrazine groups is 2. The molecule has 1 heterocycles. The van der Waals surface area contributed by atoms with Gasteiger partial charge in [0.15, 0.2) is 0 Å². The number of carbonyl (C=O) groups excluding carboxylic acids is 1. The molecule has 6 heteroatoms. The van der Waals surface area contributed by atoms with Gasteiger partial charge in [-0.05, 0) is 12.2 Å². The highest BCUT2D eigenvalue weighted by molar-refractivity contribution is 5.79. The zero-order chi connectivity index (χ0) is 8.43. The fraction of sp³-hybridized carbons (Fsp3) is 0.600. The summed E-state index contributed by atoms with van der Waals surface area (Å²) >= 11 is 0. The van der Waals surface area contributed by atoms with Gasteiger partial charge in [-0.15, -0.1) is 5.10 Å². The molecule has 0 aromatic heterocycles. The van der Waals surface area contributed by atoms with Gasteiger partial charge in [-0.3, -0.25) is 5.01 Å². The molecule has 0 aliphatic carbocycles. The van der Waals surface area contributed by atoms with E-state index in [0.717, 1.165) is 11.1 Å². The quantitative estimate of drug-likeness (QED) is 0.555. The van der Waals surface area contributed by atoms with Crippen LogP contribution in [0.2, 0.25) is 0 Å². The van der Waals surface area contributed by atoms with Crippen molar-refractivity contribution in [1.29, 1.82) is 0 Å². The third kappa shape index (κ3) is 1.81. The molecule has 0 spiro atoms. The second-order valence-corrected chi connectivity index (χ2v) is 2.16. The number of carbonyl (C=O) groups is 1. The maximum absolute atomic E-state index is 10.4. The highest BCUT2D eigenvalue weighted by atomic mass is 16.8. The molecule has 0 aromatic rings. The van der Waals surface area contributed by atoms with E-state index in [1.807, 2.05) is 0 Å². The molecule has 0 saturated carbocycles. The number of nitrogens with zero attached hydrogens (tertiary/aromatic N) is 3. The van der Waals surface area contributed by atoms with Crippen molar-refractivity contribution in [3.8, 4) is 0 Å². The summed E-state index contributed by atoms with van der Waals surface area (Å²) in [4.78, 5) is 15.0. The molecule has 0 amide bonds. The average Bonchev–Trinajstić information content (AvgIpc) is 2.10. The Morgan fingerprint density at radius 3 is 2.73 bits per heavy atom. The Kier molecular flexibility index (Phi) is 1.95. The van der Waals surface area contributed by atoms with Gasteiger partial charge in [0.25, 0.3) is 0 Å². The Labute approximate surface area is 64.3 Å². The van der Waals surface area contributed by atoms with Gasteiger partial charge in [-0.1, -0.05) is 5.53 Å². The lowest BCUT2D eigenvalue weighted by molar-refractivity contribution is -0.211. The third-order valence-electron chi connectivity index (χ3n) is 1.17. The first-order chi connectivity index (χ1) is 5.09. The molecule has 62 valence electrons. The van der Waals surface area contributed by atoms with Crippen molar-refractivity contribution in [2.24, 2.45) is 5.10 Å². The van der Waals surface area contributed by atoms with Gasteiger partial charge >= 0.3 is 5.97 Å². The van der Waals surface area contributed by atoms with Gasteiger partial charge in [-0.2, -0.15) is 0 Å². The summed E-state index contributed by atoms with van der Waals surface area (Å²) in [5, 5.41) is 6.47. The molecule has 0 unspecified atom stereocenters. The first kappa shape index (κ1) is 7.80. The number of rotatable bonds is 1. The first-order valence-electron chi connectivity index (χ1n) is 3.13. The molecular weight excluding hydrogens is 148 g/mol. The number of amidine groups is 1. The summed E-state index contributed by atoms with van der Waals surface area (Å²) < 4.78 is 0. The summed E-state index contributed by atoms with van der Waals surface area (Å²) in [6, 6.07) is 0. The average molecular weight is 158 g/mol. The van der Waals surface area contributed by atoms with Crippen LogP contribution in [-0.2, 0) is 9.63 Å². The van der Waals surface area contributed by atoms with Crippen LogP contribution >= 0.6 is 0 Å². The maximum Gasteiger partial charge on any atom is 0.333 e. The van der Waals surface area contributed by atoms with E-state index >= 15 is 0 Å². The molecule has 6 nitrogen and oxygen atoms in total. The van der Waals surface area contributed by atoms with Gasteiger partial charge in [0.2, 0.25) is 0 Å². The van der Waals surface area contributed by atoms with Gasteiger partial charge in [0.1, 0.15) is 5.84 Å². The van der Waals surface area contributed by atoms with Crippen molar-refractivity contribution >= 4 is 11.8 Å². The number of nitrogens with one attached hydrogen (secondary N) is 1. The number of hydrogen-bond acceptors (Lipinski definition) is 6. The molecule has 11 heavy (non-hydrogen) atoms. The largest absolute Gasteiger partial charge is 0.333 e. The van der Waals surface area contributed by atoms with E-state index in [4.69, 9.17) is 0 Å². The van der Waals surface area contributed by atoms with Crippen LogP contribution in [0.1, 0.15) is 13.8 Å². The fourth-order valence-electron chi connectivity index (χ4n) is 0.584. The zero-order valence-electron chi connectivity index (χ0n) is 6.66. The highest BCUT2D eigenvalue weighted by Gasteiger charge is 2.16. The van der Waals surface area contributed by atoms with Crippen molar-refractivity contribution in [2.45, 2.75) is 13.8 Å². The topological polar surface area (TPSA) is 57.2 Å². The summed E-state index contributed by atoms with van der Waals surface area (Å²) in [5.41, 5.74) is 2.65. The molecular formula is C5H10N4O2. The zero-order valence-corrected chi connectivity index (χ0v) is 6.66. The Morgan fingerprint density at radius 1 is 1.73 bits per heavy atom. The predicted octanol–water partition coefficient (Wildman–Crippen LogP) is -0.535. The summed E-state index contributed by atoms with van der Waals surface area (Å²) in [6.07, 6.45) is 0. The minimum Gasteiger partial charge on any atom is -0.307 e. The van der Waals surface area contributed by atoms with Crippen LogP contribution < -0.4 is 5.53 Å². The van der Waals surface area contributed by atoms with Gasteiger partial charge in [0.05, 0.1) is 0 Å². The van der Waals surface area contributed by atoms with Crippen LogP contribution in [0, 0.1) is 0 Å². The van der Waals surface area contributed by atoms with Gasteiger partial charge in [-0.25, -0.2) is 4.79 Å². The van der Waals surface area contributed by atoms with E-state index in [0.29, 0.717) is 0 Å². The van der Waals surface area contributed by atoms with E-state index in [-0.39, 0.29) is 0 Å². The maximum atomic E-state index is 10.4. The van der Waals surface area contributed by atoms with Crippen molar-refractivity contribution in [1.82, 2.24) is 15.8 Å².